The van der Waals surface area contributed by atoms with E-state index >= 15 is 0 Å². The smallest absolute Gasteiger partial charge is 0.0433 e. The van der Waals surface area contributed by atoms with E-state index in [1.165, 1.54) is 11.1 Å². The molecule has 0 saturated carbocycles. The predicted molar refractivity (Wildman–Crippen MR) is 86.4 cm³/mol. The third-order valence-corrected chi connectivity index (χ3v) is 2.42. The highest BCUT2D eigenvalue weighted by atomic mass is 16.2. The van der Waals surface area contributed by atoms with Crippen LogP contribution in [0.5, 0.6) is 0 Å². The van der Waals surface area contributed by atoms with Gasteiger partial charge in [-0.05, 0) is 35.8 Å². The molecule has 0 heterocycles. The van der Waals surface area contributed by atoms with Crippen molar-refractivity contribution in [2.75, 3.05) is 6.61 Å². The molecule has 1 nitrogen and oxygen atoms in total. The largest absolute Gasteiger partial charge is 0.396 e. The Morgan fingerprint density at radius 2 is 1.74 bits per heavy atom. The lowest BCUT2D eigenvalue weighted by atomic mass is 10.0. The number of allylic oxidation sites excluding steroid dienone is 1. The second-order valence-corrected chi connectivity index (χ2v) is 5.83. The maximum atomic E-state index is 8.65. The van der Waals surface area contributed by atoms with Gasteiger partial charge < -0.3 is 5.11 Å². The standard InChI is InChI=1S/C14H20O.C4H10/c1-12(2)14-9-6-8-13(11-14)7-4-3-5-10-15;1-4(2)3/h4,6-9,11-12,15H,3,5,10H2,1-2H3;4H,1-3H3/b7-4+;. The average molecular weight is 262 g/mol. The highest BCUT2D eigenvalue weighted by Gasteiger charge is 1.97. The van der Waals surface area contributed by atoms with Gasteiger partial charge in [-0.2, -0.15) is 0 Å². The SMILES string of the molecule is CC(C)C.CC(C)c1cccc(/C=C/CCCO)c1. The van der Waals surface area contributed by atoms with E-state index < -0.39 is 0 Å². The first-order valence-electron chi connectivity index (χ1n) is 7.34. The molecule has 108 valence electrons. The molecular formula is C18H30O. The van der Waals surface area contributed by atoms with Crippen molar-refractivity contribution in [3.63, 3.8) is 0 Å². The molecule has 19 heavy (non-hydrogen) atoms. The molecule has 0 atom stereocenters. The summed E-state index contributed by atoms with van der Waals surface area (Å²) in [5.74, 6) is 1.41. The first-order valence-corrected chi connectivity index (χ1v) is 7.34. The zero-order valence-electron chi connectivity index (χ0n) is 13.2. The summed E-state index contributed by atoms with van der Waals surface area (Å²) < 4.78 is 0. The van der Waals surface area contributed by atoms with Gasteiger partial charge in [0.25, 0.3) is 0 Å². The molecule has 0 saturated heterocycles. The lowest BCUT2D eigenvalue weighted by Gasteiger charge is -2.05. The van der Waals surface area contributed by atoms with E-state index in [1.54, 1.807) is 0 Å². The van der Waals surface area contributed by atoms with Gasteiger partial charge >= 0.3 is 0 Å². The molecule has 0 amide bonds. The fraction of sp³-hybridized carbons (Fsp3) is 0.556. The topological polar surface area (TPSA) is 20.2 Å². The second-order valence-electron chi connectivity index (χ2n) is 5.83. The summed E-state index contributed by atoms with van der Waals surface area (Å²) in [5.41, 5.74) is 2.62. The number of rotatable bonds is 5. The Balaban J connectivity index is 0.000000711. The minimum Gasteiger partial charge on any atom is -0.396 e. The Hall–Kier alpha value is -1.08. The number of hydrogen-bond donors (Lipinski definition) is 1. The Bertz CT molecular complexity index is 348. The number of aliphatic hydroxyl groups is 1. The van der Waals surface area contributed by atoms with Gasteiger partial charge in [0.15, 0.2) is 0 Å². The molecule has 1 N–H and O–H groups in total. The van der Waals surface area contributed by atoms with Crippen LogP contribution in [0.3, 0.4) is 0 Å². The van der Waals surface area contributed by atoms with Crippen molar-refractivity contribution in [2.24, 2.45) is 5.92 Å². The fourth-order valence-electron chi connectivity index (χ4n) is 1.45. The Labute approximate surface area is 119 Å². The van der Waals surface area contributed by atoms with Crippen LogP contribution in [0.4, 0.5) is 0 Å². The first-order chi connectivity index (χ1) is 8.97. The number of benzene rings is 1. The lowest BCUT2D eigenvalue weighted by molar-refractivity contribution is 0.290. The van der Waals surface area contributed by atoms with Gasteiger partial charge in [0.2, 0.25) is 0 Å². The van der Waals surface area contributed by atoms with Gasteiger partial charge in [0, 0.05) is 6.61 Å². The third-order valence-electron chi connectivity index (χ3n) is 2.42. The van der Waals surface area contributed by atoms with Crippen molar-refractivity contribution in [1.82, 2.24) is 0 Å². The monoisotopic (exact) mass is 262 g/mol. The van der Waals surface area contributed by atoms with E-state index in [2.05, 4.69) is 71.0 Å². The summed E-state index contributed by atoms with van der Waals surface area (Å²) in [6, 6.07) is 8.60. The summed E-state index contributed by atoms with van der Waals surface area (Å²) in [4.78, 5) is 0. The molecule has 1 aromatic carbocycles. The van der Waals surface area contributed by atoms with Crippen molar-refractivity contribution < 1.29 is 5.11 Å². The van der Waals surface area contributed by atoms with Gasteiger partial charge in [-0.1, -0.05) is 71.0 Å². The highest BCUT2D eigenvalue weighted by molar-refractivity contribution is 5.50. The van der Waals surface area contributed by atoms with E-state index in [9.17, 15) is 0 Å². The Kier molecular flexibility index (Phi) is 10.2. The van der Waals surface area contributed by atoms with Crippen molar-refractivity contribution in [3.05, 3.63) is 41.5 Å². The second kappa shape index (κ2) is 10.8. The quantitative estimate of drug-likeness (QED) is 0.718. The van der Waals surface area contributed by atoms with E-state index in [0.29, 0.717) is 5.92 Å². The van der Waals surface area contributed by atoms with Gasteiger partial charge in [0.05, 0.1) is 0 Å². The van der Waals surface area contributed by atoms with Crippen LogP contribution in [-0.2, 0) is 0 Å². The van der Waals surface area contributed by atoms with Crippen LogP contribution in [0, 0.1) is 5.92 Å². The van der Waals surface area contributed by atoms with Crippen LogP contribution < -0.4 is 0 Å². The molecule has 0 fully saturated rings. The zero-order valence-corrected chi connectivity index (χ0v) is 13.2. The van der Waals surface area contributed by atoms with Gasteiger partial charge in [-0.15, -0.1) is 0 Å². The van der Waals surface area contributed by atoms with Crippen molar-refractivity contribution in [1.29, 1.82) is 0 Å². The van der Waals surface area contributed by atoms with Crippen molar-refractivity contribution >= 4 is 6.08 Å². The summed E-state index contributed by atoms with van der Waals surface area (Å²) in [5, 5.41) is 8.65. The summed E-state index contributed by atoms with van der Waals surface area (Å²) >= 11 is 0. The Morgan fingerprint density at radius 3 is 2.26 bits per heavy atom. The van der Waals surface area contributed by atoms with Crippen LogP contribution in [0.15, 0.2) is 30.3 Å². The molecule has 0 radical (unpaired) electrons. The molecule has 0 bridgehead atoms. The molecule has 0 aliphatic carbocycles. The lowest BCUT2D eigenvalue weighted by Crippen LogP contribution is -1.86. The van der Waals surface area contributed by atoms with E-state index in [4.69, 9.17) is 5.11 Å². The van der Waals surface area contributed by atoms with Crippen molar-refractivity contribution in [3.8, 4) is 0 Å². The Morgan fingerprint density at radius 1 is 1.11 bits per heavy atom. The molecule has 0 aliphatic heterocycles. The summed E-state index contributed by atoms with van der Waals surface area (Å²) in [6.07, 6.45) is 6.04. The molecule has 0 unspecified atom stereocenters. The maximum absolute atomic E-state index is 8.65. The molecule has 1 aromatic rings. The molecule has 0 spiro atoms. The minimum absolute atomic E-state index is 0.274. The third kappa shape index (κ3) is 10.5. The maximum Gasteiger partial charge on any atom is 0.0433 e. The van der Waals surface area contributed by atoms with E-state index in [1.807, 2.05) is 0 Å². The molecule has 1 heteroatoms. The summed E-state index contributed by atoms with van der Waals surface area (Å²) in [7, 11) is 0. The van der Waals surface area contributed by atoms with Crippen LogP contribution in [0.2, 0.25) is 0 Å². The summed E-state index contributed by atoms with van der Waals surface area (Å²) in [6.45, 7) is 11.2. The van der Waals surface area contributed by atoms with Gasteiger partial charge in [0.1, 0.15) is 0 Å². The minimum atomic E-state index is 0.274. The van der Waals surface area contributed by atoms with Gasteiger partial charge in [-0.3, -0.25) is 0 Å². The zero-order chi connectivity index (χ0) is 14.7. The van der Waals surface area contributed by atoms with Gasteiger partial charge in [-0.25, -0.2) is 0 Å². The number of aliphatic hydroxyl groups excluding tert-OH is 1. The molecule has 0 aromatic heterocycles. The van der Waals surface area contributed by atoms with Crippen LogP contribution in [0.25, 0.3) is 6.08 Å². The van der Waals surface area contributed by atoms with Crippen LogP contribution in [0.1, 0.15) is 64.5 Å². The molecule has 0 aliphatic rings. The van der Waals surface area contributed by atoms with E-state index in [-0.39, 0.29) is 6.61 Å². The van der Waals surface area contributed by atoms with E-state index in [0.717, 1.165) is 18.8 Å². The predicted octanol–water partition coefficient (Wildman–Crippen LogP) is 5.26. The molecular weight excluding hydrogens is 232 g/mol. The van der Waals surface area contributed by atoms with Crippen LogP contribution in [-0.4, -0.2) is 11.7 Å². The first kappa shape index (κ1) is 17.9. The molecule has 1 rings (SSSR count). The number of hydrogen-bond acceptors (Lipinski definition) is 1. The normalized spacial score (nSPS) is 10.9. The van der Waals surface area contributed by atoms with Crippen LogP contribution >= 0.6 is 0 Å². The van der Waals surface area contributed by atoms with Crippen molar-refractivity contribution in [2.45, 2.75) is 53.4 Å². The number of unbranched alkanes of at least 4 members (excludes halogenated alkanes) is 1. The highest BCUT2D eigenvalue weighted by Crippen LogP contribution is 2.16. The average Bonchev–Trinajstić information content (AvgIpc) is 2.34. The fourth-order valence-corrected chi connectivity index (χ4v) is 1.45.